The molecule has 0 N–H and O–H groups in total. The minimum Gasteiger partial charge on any atom is -0.505 e. The maximum Gasteiger partial charge on any atom is 0.573 e. The van der Waals surface area contributed by atoms with Crippen molar-refractivity contribution in [1.29, 1.82) is 0 Å². The van der Waals surface area contributed by atoms with Gasteiger partial charge < -0.3 is 14.4 Å². The summed E-state index contributed by atoms with van der Waals surface area (Å²) in [6.07, 6.45) is -5.22. The predicted octanol–water partition coefficient (Wildman–Crippen LogP) is -10.0. The van der Waals surface area contributed by atoms with Crippen molar-refractivity contribution in [2.75, 3.05) is 6.54 Å². The van der Waals surface area contributed by atoms with Crippen LogP contribution in [0.5, 0.6) is 11.5 Å². The lowest BCUT2D eigenvalue weighted by Gasteiger charge is -2.42. The summed E-state index contributed by atoms with van der Waals surface area (Å²) in [6, 6.07) is 0. The molecule has 44 heavy (non-hydrogen) atoms. The first-order valence-corrected chi connectivity index (χ1v) is 11.9. The molecule has 4 rings (SSSR count). The Balaban J connectivity index is 2.03. The Morgan fingerprint density at radius 2 is 1.16 bits per heavy atom. The van der Waals surface area contributed by atoms with Crippen molar-refractivity contribution in [2.45, 2.75) is 17.1 Å². The first-order chi connectivity index (χ1) is 20.0. The molecule has 23 heteroatoms. The van der Waals surface area contributed by atoms with Crippen molar-refractivity contribution in [3.63, 3.8) is 0 Å². The molecule has 182 valence electrons. The molecule has 0 bridgehead atoms. The van der Waals surface area contributed by atoms with Crippen LogP contribution in [0.15, 0.2) is 0 Å². The largest absolute Gasteiger partial charge is 0.573 e. The second kappa shape index (κ2) is 11.3. The summed E-state index contributed by atoms with van der Waals surface area (Å²) < 4.78 is 48.6. The molecule has 0 fully saturated rings. The molecule has 28 radical (unpaired) electrons. The molecule has 2 heterocycles. The van der Waals surface area contributed by atoms with E-state index in [4.69, 9.17) is 115 Å². The van der Waals surface area contributed by atoms with Crippen molar-refractivity contribution < 1.29 is 27.4 Å². The van der Waals surface area contributed by atoms with Crippen LogP contribution in [0.25, 0.3) is 11.1 Å². The van der Waals surface area contributed by atoms with Crippen LogP contribution in [0.4, 0.5) is 13.2 Å². The van der Waals surface area contributed by atoms with Gasteiger partial charge in [-0.05, 0) is 22.3 Å². The maximum atomic E-state index is 14.2. The van der Waals surface area contributed by atoms with E-state index in [-0.39, 0.29) is 22.2 Å². The van der Waals surface area contributed by atoms with Gasteiger partial charge in [0.2, 0.25) is 0 Å². The quantitative estimate of drug-likeness (QED) is 0.301. The highest BCUT2D eigenvalue weighted by atomic mass is 19.4. The lowest BCUT2D eigenvalue weighted by molar-refractivity contribution is -0.273. The number of hydrogen-bond acceptors (Lipinski definition) is 5. The number of halogens is 3. The third-order valence-electron chi connectivity index (χ3n) is 6.61. The summed E-state index contributed by atoms with van der Waals surface area (Å²) >= 11 is 0. The van der Waals surface area contributed by atoms with Crippen LogP contribution in [0.3, 0.4) is 0 Å². The van der Waals surface area contributed by atoms with Gasteiger partial charge in [-0.1, -0.05) is 43.7 Å². The molecule has 0 spiro atoms. The van der Waals surface area contributed by atoms with E-state index in [2.05, 4.69) is 14.7 Å². The highest BCUT2D eigenvalue weighted by Gasteiger charge is 2.43. The number of aromatic nitrogens is 2. The summed E-state index contributed by atoms with van der Waals surface area (Å²) in [5.74, 6) is -3.26. The zero-order chi connectivity index (χ0) is 33.4. The molecular weight excluding hydrogens is 551 g/mol. The van der Waals surface area contributed by atoms with Gasteiger partial charge >= 0.3 is 6.36 Å². The van der Waals surface area contributed by atoms with Crippen LogP contribution in [-0.2, 0) is 5.34 Å². The average Bonchev–Trinajstić information content (AvgIpc) is 3.01. The van der Waals surface area contributed by atoms with E-state index in [0.717, 1.165) is 0 Å². The molecule has 0 saturated heterocycles. The SMILES string of the molecule is [B]c1nc(C([B])([B])N2CC([B])([B])Oc3c([B])c([B])c(-c4c([B])c([B])c(OC(F)(F)F)c([B])c4[B])c([B])c3C2=O)nc([B])c1[B]. The van der Waals surface area contributed by atoms with Gasteiger partial charge in [0, 0.05) is 17.3 Å². The van der Waals surface area contributed by atoms with Gasteiger partial charge in [0.05, 0.1) is 5.56 Å². The van der Waals surface area contributed by atoms with Crippen LogP contribution < -0.4 is 64.4 Å². The number of ether oxygens (including phenoxy) is 2. The van der Waals surface area contributed by atoms with Gasteiger partial charge in [-0.3, -0.25) is 4.79 Å². The second-order valence-electron chi connectivity index (χ2n) is 9.73. The fourth-order valence-electron chi connectivity index (χ4n) is 4.45. The molecule has 0 aliphatic carbocycles. The molecule has 0 unspecified atom stereocenters. The second-order valence-corrected chi connectivity index (χ2v) is 9.73. The van der Waals surface area contributed by atoms with Gasteiger partial charge in [-0.15, -0.1) is 13.2 Å². The number of rotatable bonds is 4. The lowest BCUT2D eigenvalue weighted by Crippen LogP contribution is -2.59. The smallest absolute Gasteiger partial charge is 0.505 e. The van der Waals surface area contributed by atoms with Crippen molar-refractivity contribution in [3.05, 3.63) is 11.4 Å². The molecule has 6 nitrogen and oxygen atoms in total. The lowest BCUT2D eigenvalue weighted by atomic mass is 9.57. The molecule has 1 amide bonds. The van der Waals surface area contributed by atoms with Crippen LogP contribution in [-0.4, -0.2) is 149 Å². The fourth-order valence-corrected chi connectivity index (χ4v) is 4.45. The maximum absolute atomic E-state index is 14.2. The van der Waals surface area contributed by atoms with Gasteiger partial charge in [0.25, 0.3) is 5.91 Å². The van der Waals surface area contributed by atoms with E-state index in [1.165, 1.54) is 0 Å². The highest BCUT2D eigenvalue weighted by molar-refractivity contribution is 6.64. The number of alkyl halides is 3. The van der Waals surface area contributed by atoms with E-state index < -0.39 is 96.2 Å². The van der Waals surface area contributed by atoms with Gasteiger partial charge in [-0.2, -0.15) is 0 Å². The summed E-state index contributed by atoms with van der Waals surface area (Å²) in [6.45, 7) is -0.761. The Kier molecular flexibility index (Phi) is 8.75. The van der Waals surface area contributed by atoms with Crippen molar-refractivity contribution >= 4 is 171 Å². The van der Waals surface area contributed by atoms with Crippen molar-refractivity contribution in [3.8, 4) is 22.6 Å². The van der Waals surface area contributed by atoms with Gasteiger partial charge in [0.1, 0.15) is 127 Å². The van der Waals surface area contributed by atoms with Crippen LogP contribution in [0.2, 0.25) is 0 Å². The normalized spacial score (nSPS) is 14.9. The summed E-state index contributed by atoms with van der Waals surface area (Å²) in [7, 11) is 84.8. The number of carbonyl (C=O) groups excluding carboxylic acids is 1. The third-order valence-corrected chi connectivity index (χ3v) is 6.61. The number of nitrogens with zero attached hydrogens (tertiary/aromatic N) is 3. The highest BCUT2D eigenvalue weighted by Crippen LogP contribution is 2.31. The zero-order valence-electron chi connectivity index (χ0n) is 22.5. The van der Waals surface area contributed by atoms with Crippen molar-refractivity contribution in [1.82, 2.24) is 14.9 Å². The average molecular weight is 553 g/mol. The standard InChI is InChI=1S/C21H2B14F3N3O3/c22-5-2(3-7(24)10(27)14(11(28)8(3)25)44-21(36,37)38)6(23)9(26)13-4(5)17(42)41(1-19(32,33)43-13)20(34,35)18-39-15(30)12(29)16(31)40-18/h1H2. The number of benzene rings is 2. The van der Waals surface area contributed by atoms with Crippen molar-refractivity contribution in [2.24, 2.45) is 0 Å². The Morgan fingerprint density at radius 3 is 1.64 bits per heavy atom. The number of fused-ring (bicyclic) bond motifs is 1. The Hall–Kier alpha value is -2.71. The number of carbonyl (C=O) groups is 1. The van der Waals surface area contributed by atoms with Crippen LogP contribution >= 0.6 is 0 Å². The molecule has 0 saturated carbocycles. The molecule has 0 atom stereocenters. The van der Waals surface area contributed by atoms with E-state index >= 15 is 0 Å². The third kappa shape index (κ3) is 5.73. The monoisotopic (exact) mass is 555 g/mol. The first-order valence-electron chi connectivity index (χ1n) is 11.9. The van der Waals surface area contributed by atoms with Crippen LogP contribution in [0, 0.1) is 0 Å². The summed E-state index contributed by atoms with van der Waals surface area (Å²) in [5, 5.41) is -4.75. The Labute approximate surface area is 270 Å². The fraction of sp³-hybridized carbons (Fsp3) is 0.190. The van der Waals surface area contributed by atoms with E-state index in [0.29, 0.717) is 4.90 Å². The van der Waals surface area contributed by atoms with E-state index in [1.54, 1.807) is 0 Å². The Bertz CT molecular complexity index is 1690. The molecule has 1 aliphatic rings. The molecule has 1 aliphatic heterocycles. The summed E-state index contributed by atoms with van der Waals surface area (Å²) in [4.78, 5) is 22.6. The first kappa shape index (κ1) is 34.2. The summed E-state index contributed by atoms with van der Waals surface area (Å²) in [5.41, 5.74) is -6.51. The minimum absolute atomic E-state index is 0.190. The molecule has 1 aromatic heterocycles. The Morgan fingerprint density at radius 1 is 0.705 bits per heavy atom. The van der Waals surface area contributed by atoms with Gasteiger partial charge in [0.15, 0.2) is 0 Å². The molecular formula is C21H2B14F3N3O3. The minimum atomic E-state index is -5.22. The zero-order valence-corrected chi connectivity index (χ0v) is 22.5. The number of amides is 1. The van der Waals surface area contributed by atoms with Gasteiger partial charge in [-0.25, -0.2) is 9.97 Å². The van der Waals surface area contributed by atoms with E-state index in [9.17, 15) is 18.0 Å². The molecule has 3 aromatic rings. The molecule has 2 aromatic carbocycles. The van der Waals surface area contributed by atoms with Crippen LogP contribution in [0.1, 0.15) is 16.2 Å². The van der Waals surface area contributed by atoms with E-state index in [1.807, 2.05) is 0 Å². The topological polar surface area (TPSA) is 64.6 Å². The predicted molar refractivity (Wildman–Crippen MR) is 174 cm³/mol. The number of hydrogen-bond donors (Lipinski definition) is 0.